The van der Waals surface area contributed by atoms with Gasteiger partial charge in [-0.25, -0.2) is 4.98 Å². The standard InChI is InChI=1S/C13H20N4O2S/c1-8(11-14-6-9(19-11)13(2,3)4)20-12-16-15-10(7-18)17(12)5/h6,8,18H,7H2,1-5H3. The average molecular weight is 296 g/mol. The van der Waals surface area contributed by atoms with Gasteiger partial charge in [-0.3, -0.25) is 0 Å². The van der Waals surface area contributed by atoms with Crippen molar-refractivity contribution in [1.29, 1.82) is 0 Å². The van der Waals surface area contributed by atoms with Gasteiger partial charge in [0.25, 0.3) is 0 Å². The van der Waals surface area contributed by atoms with Crippen LogP contribution in [-0.4, -0.2) is 24.9 Å². The van der Waals surface area contributed by atoms with Crippen LogP contribution >= 0.6 is 11.8 Å². The van der Waals surface area contributed by atoms with Gasteiger partial charge in [-0.2, -0.15) is 0 Å². The van der Waals surface area contributed by atoms with Crippen LogP contribution in [0.15, 0.2) is 15.8 Å². The molecule has 20 heavy (non-hydrogen) atoms. The second-order valence-corrected chi connectivity index (χ2v) is 7.00. The van der Waals surface area contributed by atoms with Gasteiger partial charge >= 0.3 is 0 Å². The molecule has 2 heterocycles. The number of aliphatic hydroxyl groups is 1. The van der Waals surface area contributed by atoms with Crippen molar-refractivity contribution in [2.24, 2.45) is 7.05 Å². The maximum Gasteiger partial charge on any atom is 0.207 e. The molecular weight excluding hydrogens is 276 g/mol. The smallest absolute Gasteiger partial charge is 0.207 e. The zero-order valence-corrected chi connectivity index (χ0v) is 13.2. The van der Waals surface area contributed by atoms with Crippen molar-refractivity contribution in [3.05, 3.63) is 23.7 Å². The monoisotopic (exact) mass is 296 g/mol. The molecule has 1 atom stereocenters. The van der Waals surface area contributed by atoms with Gasteiger partial charge in [-0.1, -0.05) is 32.5 Å². The normalized spacial score (nSPS) is 13.7. The Balaban J connectivity index is 2.13. The van der Waals surface area contributed by atoms with Gasteiger partial charge in [-0.15, -0.1) is 10.2 Å². The Hall–Kier alpha value is -1.34. The van der Waals surface area contributed by atoms with Crippen LogP contribution < -0.4 is 0 Å². The Bertz CT molecular complexity index is 585. The predicted octanol–water partition coefficient (Wildman–Crippen LogP) is 2.45. The summed E-state index contributed by atoms with van der Waals surface area (Å²) in [5, 5.41) is 17.8. The Morgan fingerprint density at radius 1 is 1.40 bits per heavy atom. The lowest BCUT2D eigenvalue weighted by molar-refractivity contribution is 0.266. The first-order valence-electron chi connectivity index (χ1n) is 6.45. The minimum atomic E-state index is -0.119. The number of hydrogen-bond acceptors (Lipinski definition) is 6. The van der Waals surface area contributed by atoms with Gasteiger partial charge < -0.3 is 14.1 Å². The van der Waals surface area contributed by atoms with Gasteiger partial charge in [0.05, 0.1) is 11.4 Å². The Labute approximate surface area is 122 Å². The van der Waals surface area contributed by atoms with Crippen molar-refractivity contribution in [2.45, 2.75) is 50.1 Å². The molecule has 1 N–H and O–H groups in total. The predicted molar refractivity (Wildman–Crippen MR) is 76.4 cm³/mol. The van der Waals surface area contributed by atoms with Crippen LogP contribution in [0.1, 0.15) is 50.4 Å². The second-order valence-electron chi connectivity index (χ2n) is 5.69. The number of hydrogen-bond donors (Lipinski definition) is 1. The first kappa shape index (κ1) is 15.1. The van der Waals surface area contributed by atoms with Crippen LogP contribution in [0.5, 0.6) is 0 Å². The summed E-state index contributed by atoms with van der Waals surface area (Å²) in [4.78, 5) is 4.34. The summed E-state index contributed by atoms with van der Waals surface area (Å²) in [5.41, 5.74) is -0.0511. The molecule has 6 nitrogen and oxygen atoms in total. The van der Waals surface area contributed by atoms with Crippen LogP contribution in [0.25, 0.3) is 0 Å². The lowest BCUT2D eigenvalue weighted by Crippen LogP contribution is -2.09. The average Bonchev–Trinajstić information content (AvgIpc) is 2.97. The van der Waals surface area contributed by atoms with Crippen molar-refractivity contribution in [3.63, 3.8) is 0 Å². The van der Waals surface area contributed by atoms with Crippen LogP contribution in [0.4, 0.5) is 0 Å². The summed E-state index contributed by atoms with van der Waals surface area (Å²) in [6.45, 7) is 8.16. The third-order valence-corrected chi connectivity index (χ3v) is 4.08. The Kier molecular flexibility index (Phi) is 4.19. The third kappa shape index (κ3) is 3.04. The Morgan fingerprint density at radius 2 is 2.10 bits per heavy atom. The van der Waals surface area contributed by atoms with E-state index in [1.54, 1.807) is 10.8 Å². The van der Waals surface area contributed by atoms with Crippen molar-refractivity contribution in [1.82, 2.24) is 19.7 Å². The zero-order valence-electron chi connectivity index (χ0n) is 12.4. The SMILES string of the molecule is CC(Sc1nnc(CO)n1C)c1ncc(C(C)(C)C)o1. The highest BCUT2D eigenvalue weighted by molar-refractivity contribution is 7.99. The van der Waals surface area contributed by atoms with Crippen LogP contribution in [0, 0.1) is 0 Å². The molecule has 7 heteroatoms. The summed E-state index contributed by atoms with van der Waals surface area (Å²) in [7, 11) is 1.83. The zero-order chi connectivity index (χ0) is 14.9. The number of oxazole rings is 1. The molecule has 2 aromatic rings. The third-order valence-electron chi connectivity index (χ3n) is 2.96. The van der Waals surface area contributed by atoms with E-state index in [0.29, 0.717) is 11.7 Å². The van der Waals surface area contributed by atoms with Crippen molar-refractivity contribution < 1.29 is 9.52 Å². The molecule has 0 fully saturated rings. The summed E-state index contributed by atoms with van der Waals surface area (Å²) in [6, 6.07) is 0. The molecule has 0 saturated carbocycles. The molecule has 110 valence electrons. The maximum absolute atomic E-state index is 9.11. The molecule has 2 aromatic heterocycles. The Morgan fingerprint density at radius 3 is 2.60 bits per heavy atom. The molecule has 0 spiro atoms. The van der Waals surface area contributed by atoms with E-state index in [1.165, 1.54) is 11.8 Å². The van der Waals surface area contributed by atoms with E-state index >= 15 is 0 Å². The van der Waals surface area contributed by atoms with E-state index in [2.05, 4.69) is 36.0 Å². The minimum absolute atomic E-state index is 0.0283. The lowest BCUT2D eigenvalue weighted by atomic mass is 9.94. The molecule has 0 aliphatic rings. The van der Waals surface area contributed by atoms with Gasteiger partial charge in [0.2, 0.25) is 5.89 Å². The van der Waals surface area contributed by atoms with E-state index < -0.39 is 0 Å². The van der Waals surface area contributed by atoms with Crippen molar-refractivity contribution in [2.75, 3.05) is 0 Å². The molecular formula is C13H20N4O2S. The number of thioether (sulfide) groups is 1. The summed E-state index contributed by atoms with van der Waals surface area (Å²) in [6.07, 6.45) is 1.78. The van der Waals surface area contributed by atoms with E-state index in [1.807, 2.05) is 14.0 Å². The van der Waals surface area contributed by atoms with E-state index in [0.717, 1.165) is 10.9 Å². The van der Waals surface area contributed by atoms with Crippen molar-refractivity contribution >= 4 is 11.8 Å². The number of aromatic nitrogens is 4. The highest BCUT2D eigenvalue weighted by Crippen LogP contribution is 2.35. The first-order valence-corrected chi connectivity index (χ1v) is 7.33. The highest BCUT2D eigenvalue weighted by Gasteiger charge is 2.23. The summed E-state index contributed by atoms with van der Waals surface area (Å²) >= 11 is 1.51. The molecule has 1 unspecified atom stereocenters. The number of rotatable bonds is 4. The summed E-state index contributed by atoms with van der Waals surface area (Å²) < 4.78 is 7.59. The molecule has 0 saturated heterocycles. The highest BCUT2D eigenvalue weighted by atomic mass is 32.2. The first-order chi connectivity index (χ1) is 9.32. The molecule has 0 radical (unpaired) electrons. The number of nitrogens with zero attached hydrogens (tertiary/aromatic N) is 4. The van der Waals surface area contributed by atoms with Gasteiger partial charge in [0.15, 0.2) is 11.0 Å². The minimum Gasteiger partial charge on any atom is -0.444 e. The van der Waals surface area contributed by atoms with Gasteiger partial charge in [0.1, 0.15) is 12.4 Å². The van der Waals surface area contributed by atoms with Crippen molar-refractivity contribution in [3.8, 4) is 0 Å². The number of aliphatic hydroxyl groups excluding tert-OH is 1. The largest absolute Gasteiger partial charge is 0.444 e. The quantitative estimate of drug-likeness (QED) is 0.873. The molecule has 0 aromatic carbocycles. The lowest BCUT2D eigenvalue weighted by Gasteiger charge is -2.13. The molecule has 0 aliphatic carbocycles. The topological polar surface area (TPSA) is 77.0 Å². The van der Waals surface area contributed by atoms with E-state index in [9.17, 15) is 0 Å². The fourth-order valence-corrected chi connectivity index (χ4v) is 2.49. The van der Waals surface area contributed by atoms with Crippen LogP contribution in [-0.2, 0) is 19.1 Å². The molecule has 2 rings (SSSR count). The van der Waals surface area contributed by atoms with E-state index in [4.69, 9.17) is 9.52 Å². The van der Waals surface area contributed by atoms with Crippen LogP contribution in [0.3, 0.4) is 0 Å². The molecule has 0 amide bonds. The van der Waals surface area contributed by atoms with Gasteiger partial charge in [-0.05, 0) is 6.92 Å². The van der Waals surface area contributed by atoms with Gasteiger partial charge in [0, 0.05) is 12.5 Å². The van der Waals surface area contributed by atoms with Crippen LogP contribution in [0.2, 0.25) is 0 Å². The summed E-state index contributed by atoms with van der Waals surface area (Å²) in [5.74, 6) is 2.09. The molecule has 0 bridgehead atoms. The van der Waals surface area contributed by atoms with E-state index in [-0.39, 0.29) is 17.3 Å². The second kappa shape index (κ2) is 5.57. The fraction of sp³-hybridized carbons (Fsp3) is 0.615. The maximum atomic E-state index is 9.11. The fourth-order valence-electron chi connectivity index (χ4n) is 1.62. The molecule has 0 aliphatic heterocycles.